The van der Waals surface area contributed by atoms with E-state index in [-0.39, 0.29) is 0 Å². The first-order valence-electron chi connectivity index (χ1n) is 10.4. The molecule has 0 bridgehead atoms. The van der Waals surface area contributed by atoms with Gasteiger partial charge in [0.25, 0.3) is 5.56 Å². The molecule has 0 aliphatic heterocycles. The molecule has 0 aliphatic rings. The predicted octanol–water partition coefficient (Wildman–Crippen LogP) is 2.44. The number of imidazole rings is 2. The summed E-state index contributed by atoms with van der Waals surface area (Å²) in [5.41, 5.74) is 9.14. The summed E-state index contributed by atoms with van der Waals surface area (Å²) in [4.78, 5) is 30.2. The number of hydrogen-bond donors (Lipinski definition) is 1. The van der Waals surface area contributed by atoms with Crippen LogP contribution >= 0.6 is 11.3 Å². The standard InChI is InChI=1S/C23H18N8O2S/c1-28-18-17(20(32)29(2)23(28)33)30-12-16(13-6-4-3-5-7-13)31(22(30)25-18)15-10-8-14(9-11-15)19-26-27-21(24)34-19/h3-12H,1-2H3,(H2,24,27). The number of benzene rings is 2. The van der Waals surface area contributed by atoms with Crippen LogP contribution in [0.25, 0.3) is 44.5 Å². The van der Waals surface area contributed by atoms with Gasteiger partial charge in [0.15, 0.2) is 11.2 Å². The van der Waals surface area contributed by atoms with E-state index in [1.807, 2.05) is 65.4 Å². The number of aromatic nitrogens is 7. The van der Waals surface area contributed by atoms with Gasteiger partial charge in [0.1, 0.15) is 5.01 Å². The van der Waals surface area contributed by atoms with Crippen LogP contribution in [0.1, 0.15) is 0 Å². The Morgan fingerprint density at radius 3 is 2.29 bits per heavy atom. The third-order valence-electron chi connectivity index (χ3n) is 5.85. The van der Waals surface area contributed by atoms with Crippen molar-refractivity contribution in [3.8, 4) is 27.5 Å². The fraction of sp³-hybridized carbons (Fsp3) is 0.0870. The number of fused-ring (bicyclic) bond motifs is 3. The summed E-state index contributed by atoms with van der Waals surface area (Å²) in [6.45, 7) is 0. The van der Waals surface area contributed by atoms with Crippen molar-refractivity contribution in [2.75, 3.05) is 5.73 Å². The highest BCUT2D eigenvalue weighted by atomic mass is 32.1. The maximum atomic E-state index is 13.0. The van der Waals surface area contributed by atoms with E-state index in [0.717, 1.165) is 32.1 Å². The zero-order valence-corrected chi connectivity index (χ0v) is 19.0. The van der Waals surface area contributed by atoms with Gasteiger partial charge in [-0.25, -0.2) is 4.79 Å². The van der Waals surface area contributed by atoms with Gasteiger partial charge in [-0.15, -0.1) is 10.2 Å². The van der Waals surface area contributed by atoms with Crippen LogP contribution in [0.3, 0.4) is 0 Å². The molecule has 10 nitrogen and oxygen atoms in total. The summed E-state index contributed by atoms with van der Waals surface area (Å²) in [5.74, 6) is 0.528. The van der Waals surface area contributed by atoms with Gasteiger partial charge in [-0.2, -0.15) is 4.98 Å². The van der Waals surface area contributed by atoms with Gasteiger partial charge in [-0.1, -0.05) is 41.7 Å². The molecule has 0 radical (unpaired) electrons. The van der Waals surface area contributed by atoms with Crippen molar-refractivity contribution in [3.63, 3.8) is 0 Å². The molecular formula is C23H18N8O2S. The molecule has 0 fully saturated rings. The van der Waals surface area contributed by atoms with Crippen LogP contribution in [0.2, 0.25) is 0 Å². The molecule has 0 spiro atoms. The smallest absolute Gasteiger partial charge is 0.332 e. The average molecular weight is 471 g/mol. The molecule has 4 aromatic heterocycles. The highest BCUT2D eigenvalue weighted by Gasteiger charge is 2.21. The van der Waals surface area contributed by atoms with E-state index in [1.165, 1.54) is 23.0 Å². The first-order chi connectivity index (χ1) is 16.4. The van der Waals surface area contributed by atoms with Crippen LogP contribution in [-0.2, 0) is 14.1 Å². The van der Waals surface area contributed by atoms with E-state index in [1.54, 1.807) is 11.4 Å². The second-order valence-corrected chi connectivity index (χ2v) is 8.88. The summed E-state index contributed by atoms with van der Waals surface area (Å²) in [6, 6.07) is 17.7. The minimum Gasteiger partial charge on any atom is -0.374 e. The molecule has 0 atom stereocenters. The topological polar surface area (TPSA) is 118 Å². The van der Waals surface area contributed by atoms with Crippen molar-refractivity contribution in [1.82, 2.24) is 33.3 Å². The number of nitrogens with two attached hydrogens (primary N) is 1. The lowest BCUT2D eigenvalue weighted by Crippen LogP contribution is -2.37. The number of rotatable bonds is 3. The lowest BCUT2D eigenvalue weighted by atomic mass is 10.1. The SMILES string of the molecule is Cn1c(=O)c2c(nc3n(-c4ccc(-c5nnc(N)s5)cc4)c(-c4ccccc4)cn23)n(C)c1=O. The lowest BCUT2D eigenvalue weighted by Gasteiger charge is -2.10. The van der Waals surface area contributed by atoms with Crippen LogP contribution < -0.4 is 17.0 Å². The van der Waals surface area contributed by atoms with E-state index < -0.39 is 11.2 Å². The van der Waals surface area contributed by atoms with Crippen LogP contribution in [0.4, 0.5) is 5.13 Å². The minimum absolute atomic E-state index is 0.331. The molecule has 2 aromatic carbocycles. The third kappa shape index (κ3) is 2.83. The van der Waals surface area contributed by atoms with Crippen molar-refractivity contribution < 1.29 is 0 Å². The third-order valence-corrected chi connectivity index (χ3v) is 6.65. The largest absolute Gasteiger partial charge is 0.374 e. The molecule has 0 saturated heterocycles. The summed E-state index contributed by atoms with van der Waals surface area (Å²) >= 11 is 1.32. The highest BCUT2D eigenvalue weighted by Crippen LogP contribution is 2.31. The minimum atomic E-state index is -0.422. The molecule has 0 amide bonds. The van der Waals surface area contributed by atoms with E-state index in [2.05, 4.69) is 10.2 Å². The first-order valence-corrected chi connectivity index (χ1v) is 11.2. The van der Waals surface area contributed by atoms with Crippen LogP contribution in [0.5, 0.6) is 0 Å². The van der Waals surface area contributed by atoms with E-state index in [4.69, 9.17) is 10.7 Å². The fourth-order valence-electron chi connectivity index (χ4n) is 4.14. The number of nitrogen functional groups attached to an aromatic ring is 1. The van der Waals surface area contributed by atoms with E-state index in [9.17, 15) is 9.59 Å². The van der Waals surface area contributed by atoms with Gasteiger partial charge >= 0.3 is 5.69 Å². The van der Waals surface area contributed by atoms with Crippen molar-refractivity contribution >= 4 is 33.4 Å². The summed E-state index contributed by atoms with van der Waals surface area (Å²) < 4.78 is 6.20. The molecule has 6 rings (SSSR count). The van der Waals surface area contributed by atoms with Gasteiger partial charge in [-0.3, -0.25) is 22.9 Å². The molecule has 0 unspecified atom stereocenters. The number of aryl methyl sites for hydroxylation is 1. The molecule has 11 heteroatoms. The van der Waals surface area contributed by atoms with Crippen LogP contribution in [0, 0.1) is 0 Å². The summed E-state index contributed by atoms with van der Waals surface area (Å²) in [5, 5.41) is 9.13. The lowest BCUT2D eigenvalue weighted by molar-refractivity contribution is 0.708. The van der Waals surface area contributed by atoms with Crippen molar-refractivity contribution in [2.24, 2.45) is 14.1 Å². The van der Waals surface area contributed by atoms with Gasteiger partial charge < -0.3 is 5.73 Å². The number of hydrogen-bond acceptors (Lipinski definition) is 7. The van der Waals surface area contributed by atoms with Crippen LogP contribution in [0.15, 0.2) is 70.4 Å². The Morgan fingerprint density at radius 1 is 0.882 bits per heavy atom. The van der Waals surface area contributed by atoms with E-state index in [0.29, 0.717) is 22.1 Å². The van der Waals surface area contributed by atoms with Gasteiger partial charge in [0.05, 0.1) is 5.69 Å². The Kier molecular flexibility index (Phi) is 4.29. The Labute approximate surface area is 195 Å². The molecular weight excluding hydrogens is 452 g/mol. The zero-order chi connectivity index (χ0) is 23.6. The average Bonchev–Trinajstić information content (AvgIpc) is 3.55. The second-order valence-electron chi connectivity index (χ2n) is 7.87. The van der Waals surface area contributed by atoms with E-state index >= 15 is 0 Å². The second kappa shape index (κ2) is 7.25. The maximum absolute atomic E-state index is 13.0. The fourth-order valence-corrected chi connectivity index (χ4v) is 4.76. The zero-order valence-electron chi connectivity index (χ0n) is 18.2. The summed E-state index contributed by atoms with van der Waals surface area (Å²) in [6.07, 6.45) is 1.88. The molecule has 2 N–H and O–H groups in total. The van der Waals surface area contributed by atoms with Gasteiger partial charge in [-0.05, 0) is 24.3 Å². The molecule has 0 aliphatic carbocycles. The van der Waals surface area contributed by atoms with Crippen LogP contribution in [-0.4, -0.2) is 33.3 Å². The molecule has 6 aromatic rings. The number of nitrogens with zero attached hydrogens (tertiary/aromatic N) is 7. The van der Waals surface area contributed by atoms with Crippen molar-refractivity contribution in [2.45, 2.75) is 0 Å². The first kappa shape index (κ1) is 20.1. The van der Waals surface area contributed by atoms with Gasteiger partial charge in [0.2, 0.25) is 10.9 Å². The van der Waals surface area contributed by atoms with Gasteiger partial charge in [0, 0.05) is 37.1 Å². The Balaban J connectivity index is 1.66. The normalized spacial score (nSPS) is 11.6. The van der Waals surface area contributed by atoms with Crippen molar-refractivity contribution in [1.29, 1.82) is 0 Å². The maximum Gasteiger partial charge on any atom is 0.332 e. The molecule has 34 heavy (non-hydrogen) atoms. The monoisotopic (exact) mass is 470 g/mol. The predicted molar refractivity (Wildman–Crippen MR) is 131 cm³/mol. The Bertz CT molecular complexity index is 1820. The Morgan fingerprint density at radius 2 is 1.62 bits per heavy atom. The highest BCUT2D eigenvalue weighted by molar-refractivity contribution is 7.18. The molecule has 0 saturated carbocycles. The number of anilines is 1. The van der Waals surface area contributed by atoms with Crippen molar-refractivity contribution in [3.05, 3.63) is 81.6 Å². The summed E-state index contributed by atoms with van der Waals surface area (Å²) in [7, 11) is 3.08. The molecule has 168 valence electrons. The molecule has 4 heterocycles. The Hall–Kier alpha value is -4.51. The quantitative estimate of drug-likeness (QED) is 0.424.